The zero-order valence-corrected chi connectivity index (χ0v) is 15.7. The summed E-state index contributed by atoms with van der Waals surface area (Å²) >= 11 is 1.34. The molecule has 0 N–H and O–H groups in total. The second-order valence-electron chi connectivity index (χ2n) is 5.75. The lowest BCUT2D eigenvalue weighted by Gasteiger charge is -2.11. The highest BCUT2D eigenvalue weighted by Gasteiger charge is 2.20. The van der Waals surface area contributed by atoms with Gasteiger partial charge in [-0.1, -0.05) is 43.0 Å². The molecule has 0 bridgehead atoms. The van der Waals surface area contributed by atoms with Crippen molar-refractivity contribution in [3.63, 3.8) is 0 Å². The Hall–Kier alpha value is -2.67. The molecule has 7 heteroatoms. The molecule has 0 amide bonds. The highest BCUT2D eigenvalue weighted by molar-refractivity contribution is 8.00. The number of aromatic nitrogens is 4. The van der Waals surface area contributed by atoms with Crippen LogP contribution in [0.1, 0.15) is 29.8 Å². The number of nitrogens with zero attached hydrogens (tertiary/aromatic N) is 4. The van der Waals surface area contributed by atoms with Crippen molar-refractivity contribution in [2.45, 2.75) is 30.7 Å². The molecule has 26 heavy (non-hydrogen) atoms. The maximum absolute atomic E-state index is 12.7. The number of carbonyl (C=O) groups excluding carboxylic acids is 1. The van der Waals surface area contributed by atoms with E-state index in [0.717, 1.165) is 17.9 Å². The molecule has 1 aromatic heterocycles. The first-order valence-corrected chi connectivity index (χ1v) is 9.23. The minimum absolute atomic E-state index is 0.0573. The molecule has 0 fully saturated rings. The highest BCUT2D eigenvalue weighted by atomic mass is 32.2. The minimum atomic E-state index is -0.300. The first kappa shape index (κ1) is 18.1. The Morgan fingerprint density at radius 1 is 1.15 bits per heavy atom. The summed E-state index contributed by atoms with van der Waals surface area (Å²) in [6.45, 7) is 3.96. The Morgan fingerprint density at radius 2 is 1.85 bits per heavy atom. The fourth-order valence-electron chi connectivity index (χ4n) is 2.49. The van der Waals surface area contributed by atoms with Crippen LogP contribution in [0.5, 0.6) is 5.75 Å². The van der Waals surface area contributed by atoms with E-state index in [4.69, 9.17) is 4.74 Å². The lowest BCUT2D eigenvalue weighted by molar-refractivity contribution is 0.0994. The van der Waals surface area contributed by atoms with E-state index in [2.05, 4.69) is 22.4 Å². The third-order valence-corrected chi connectivity index (χ3v) is 5.09. The predicted molar refractivity (Wildman–Crippen MR) is 101 cm³/mol. The predicted octanol–water partition coefficient (Wildman–Crippen LogP) is 3.60. The largest absolute Gasteiger partial charge is 0.497 e. The Bertz CT molecular complexity index is 875. The minimum Gasteiger partial charge on any atom is -0.497 e. The van der Waals surface area contributed by atoms with Gasteiger partial charge in [0.25, 0.3) is 0 Å². The number of hydrogen-bond acceptors (Lipinski definition) is 6. The van der Waals surface area contributed by atoms with Crippen molar-refractivity contribution in [1.29, 1.82) is 0 Å². The van der Waals surface area contributed by atoms with Gasteiger partial charge in [0.1, 0.15) is 5.75 Å². The van der Waals surface area contributed by atoms with Crippen LogP contribution < -0.4 is 4.74 Å². The van der Waals surface area contributed by atoms with Gasteiger partial charge >= 0.3 is 0 Å². The quantitative estimate of drug-likeness (QED) is 0.469. The van der Waals surface area contributed by atoms with Crippen molar-refractivity contribution in [1.82, 2.24) is 20.2 Å². The highest BCUT2D eigenvalue weighted by Crippen LogP contribution is 2.26. The van der Waals surface area contributed by atoms with Crippen molar-refractivity contribution in [2.75, 3.05) is 7.11 Å². The first-order chi connectivity index (χ1) is 12.6. The Morgan fingerprint density at radius 3 is 2.46 bits per heavy atom. The molecule has 134 valence electrons. The first-order valence-electron chi connectivity index (χ1n) is 8.35. The number of ether oxygens (including phenoxy) is 1. The Kier molecular flexibility index (Phi) is 5.68. The number of thioether (sulfide) groups is 1. The fraction of sp³-hybridized carbons (Fsp3) is 0.263. The van der Waals surface area contributed by atoms with Crippen LogP contribution in [0.15, 0.2) is 53.7 Å². The second kappa shape index (κ2) is 8.14. The molecule has 0 aliphatic rings. The molecule has 0 radical (unpaired) electrons. The maximum atomic E-state index is 12.7. The van der Waals surface area contributed by atoms with Crippen LogP contribution in [-0.4, -0.2) is 38.4 Å². The van der Waals surface area contributed by atoms with E-state index < -0.39 is 0 Å². The molecule has 1 atom stereocenters. The molecule has 3 rings (SSSR count). The number of benzene rings is 2. The van der Waals surface area contributed by atoms with Crippen molar-refractivity contribution in [2.24, 2.45) is 0 Å². The van der Waals surface area contributed by atoms with Crippen molar-refractivity contribution in [3.8, 4) is 11.4 Å². The van der Waals surface area contributed by atoms with E-state index in [1.165, 1.54) is 17.3 Å². The smallest absolute Gasteiger partial charge is 0.214 e. The van der Waals surface area contributed by atoms with E-state index in [0.29, 0.717) is 10.7 Å². The van der Waals surface area contributed by atoms with E-state index in [1.54, 1.807) is 11.8 Å². The number of carbonyl (C=O) groups is 1. The molecular formula is C19H20N4O2S. The number of methoxy groups -OCH3 is 1. The van der Waals surface area contributed by atoms with Crippen LogP contribution in [0.3, 0.4) is 0 Å². The van der Waals surface area contributed by atoms with Gasteiger partial charge in [-0.2, -0.15) is 4.68 Å². The lowest BCUT2D eigenvalue weighted by atomic mass is 10.1. The summed E-state index contributed by atoms with van der Waals surface area (Å²) in [7, 11) is 1.62. The summed E-state index contributed by atoms with van der Waals surface area (Å²) < 4.78 is 6.79. The summed E-state index contributed by atoms with van der Waals surface area (Å²) in [5.74, 6) is 0.817. The lowest BCUT2D eigenvalue weighted by Crippen LogP contribution is -2.14. The van der Waals surface area contributed by atoms with Gasteiger partial charge in [0, 0.05) is 5.56 Å². The third kappa shape index (κ3) is 3.94. The van der Waals surface area contributed by atoms with Crippen LogP contribution in [-0.2, 0) is 6.42 Å². The van der Waals surface area contributed by atoms with Gasteiger partial charge in [-0.25, -0.2) is 0 Å². The number of rotatable bonds is 7. The molecule has 0 saturated heterocycles. The third-order valence-electron chi connectivity index (χ3n) is 4.06. The van der Waals surface area contributed by atoms with Gasteiger partial charge < -0.3 is 4.74 Å². The van der Waals surface area contributed by atoms with Crippen molar-refractivity contribution in [3.05, 3.63) is 59.7 Å². The normalized spacial score (nSPS) is 12.0. The van der Waals surface area contributed by atoms with Crippen LogP contribution in [0, 0.1) is 0 Å². The molecule has 0 unspecified atom stereocenters. The summed E-state index contributed by atoms with van der Waals surface area (Å²) in [5, 5.41) is 12.1. The summed E-state index contributed by atoms with van der Waals surface area (Å²) in [4.78, 5) is 12.7. The molecular weight excluding hydrogens is 348 g/mol. The second-order valence-corrected chi connectivity index (χ2v) is 7.05. The van der Waals surface area contributed by atoms with Crippen molar-refractivity contribution >= 4 is 17.5 Å². The number of hydrogen-bond donors (Lipinski definition) is 0. The van der Waals surface area contributed by atoms with Gasteiger partial charge in [-0.15, -0.1) is 5.10 Å². The van der Waals surface area contributed by atoms with Crippen molar-refractivity contribution < 1.29 is 9.53 Å². The molecule has 0 saturated carbocycles. The molecule has 3 aromatic rings. The number of tetrazole rings is 1. The molecule has 0 aliphatic carbocycles. The molecule has 2 aromatic carbocycles. The Labute approximate surface area is 156 Å². The number of ketones is 1. The topological polar surface area (TPSA) is 69.9 Å². The van der Waals surface area contributed by atoms with Gasteiger partial charge in [0.05, 0.1) is 18.0 Å². The maximum Gasteiger partial charge on any atom is 0.214 e. The zero-order valence-electron chi connectivity index (χ0n) is 14.9. The summed E-state index contributed by atoms with van der Waals surface area (Å²) in [6.07, 6.45) is 0.954. The average molecular weight is 368 g/mol. The monoisotopic (exact) mass is 368 g/mol. The van der Waals surface area contributed by atoms with Gasteiger partial charge in [-0.05, 0) is 53.6 Å². The van der Waals surface area contributed by atoms with Crippen LogP contribution in [0.4, 0.5) is 0 Å². The van der Waals surface area contributed by atoms with E-state index in [1.807, 2.05) is 55.5 Å². The summed E-state index contributed by atoms with van der Waals surface area (Å²) in [5.41, 5.74) is 2.72. The number of aryl methyl sites for hydroxylation is 1. The van der Waals surface area contributed by atoms with Gasteiger partial charge in [-0.3, -0.25) is 4.79 Å². The SMILES string of the molecule is CCc1ccc(C(=O)[C@@H](C)Sc2nnnn2-c2ccc(OC)cc2)cc1. The molecule has 0 aliphatic heterocycles. The average Bonchev–Trinajstić information content (AvgIpc) is 3.15. The van der Waals surface area contributed by atoms with E-state index in [-0.39, 0.29) is 11.0 Å². The number of Topliss-reactive ketones (excluding diaryl/α,β-unsaturated/α-hetero) is 1. The van der Waals surface area contributed by atoms with Gasteiger partial charge in [0.2, 0.25) is 5.16 Å². The molecule has 6 nitrogen and oxygen atoms in total. The molecule has 1 heterocycles. The van der Waals surface area contributed by atoms with Crippen LogP contribution in [0.25, 0.3) is 5.69 Å². The zero-order chi connectivity index (χ0) is 18.5. The fourth-order valence-corrected chi connectivity index (χ4v) is 3.37. The van der Waals surface area contributed by atoms with Crippen LogP contribution >= 0.6 is 11.8 Å². The Balaban J connectivity index is 1.76. The van der Waals surface area contributed by atoms with E-state index in [9.17, 15) is 4.79 Å². The van der Waals surface area contributed by atoms with E-state index >= 15 is 0 Å². The summed E-state index contributed by atoms with van der Waals surface area (Å²) in [6, 6.07) is 15.2. The molecule has 0 spiro atoms. The van der Waals surface area contributed by atoms with Gasteiger partial charge in [0.15, 0.2) is 5.78 Å². The van der Waals surface area contributed by atoms with Crippen LogP contribution in [0.2, 0.25) is 0 Å². The standard InChI is InChI=1S/C19H20N4O2S/c1-4-14-5-7-15(8-6-14)18(24)13(2)26-19-20-21-22-23(19)16-9-11-17(25-3)12-10-16/h5-13H,4H2,1-3H3/t13-/m1/s1.